The highest BCUT2D eigenvalue weighted by molar-refractivity contribution is 5.28. The van der Waals surface area contributed by atoms with Crippen LogP contribution in [0.25, 0.3) is 0 Å². The predicted octanol–water partition coefficient (Wildman–Crippen LogP) is 2.29. The molecule has 0 amide bonds. The maximum atomic E-state index is 5.82. The zero-order valence-electron chi connectivity index (χ0n) is 11.9. The Morgan fingerprint density at radius 1 is 1.35 bits per heavy atom. The van der Waals surface area contributed by atoms with E-state index >= 15 is 0 Å². The summed E-state index contributed by atoms with van der Waals surface area (Å²) in [6.07, 6.45) is 7.44. The van der Waals surface area contributed by atoms with Gasteiger partial charge in [-0.1, -0.05) is 12.1 Å². The number of nitrogens with one attached hydrogen (secondary N) is 1. The lowest BCUT2D eigenvalue weighted by Crippen LogP contribution is -2.15. The molecule has 2 aromatic rings. The molecule has 0 aliphatic heterocycles. The summed E-state index contributed by atoms with van der Waals surface area (Å²) in [6.45, 7) is 1.62. The maximum Gasteiger partial charge on any atom is 0.119 e. The Morgan fingerprint density at radius 2 is 2.25 bits per heavy atom. The first-order valence-corrected chi connectivity index (χ1v) is 7.22. The van der Waals surface area contributed by atoms with Gasteiger partial charge in [0.2, 0.25) is 0 Å². The monoisotopic (exact) mass is 271 g/mol. The summed E-state index contributed by atoms with van der Waals surface area (Å²) in [7, 11) is 1.93. The third-order valence-corrected chi connectivity index (χ3v) is 3.49. The van der Waals surface area contributed by atoms with E-state index in [0.29, 0.717) is 6.61 Å². The highest BCUT2D eigenvalue weighted by Gasteiger charge is 2.19. The average molecular weight is 271 g/mol. The SMILES string of the molecule is Cn1cc(CCOc2cccc(CNC3CC3)c2)cn1. The van der Waals surface area contributed by atoms with E-state index in [1.807, 2.05) is 30.2 Å². The van der Waals surface area contributed by atoms with Crippen LogP contribution in [0.2, 0.25) is 0 Å². The first-order chi connectivity index (χ1) is 9.79. The molecule has 20 heavy (non-hydrogen) atoms. The number of ether oxygens (including phenoxy) is 1. The van der Waals surface area contributed by atoms with Gasteiger partial charge >= 0.3 is 0 Å². The molecule has 0 saturated heterocycles. The molecule has 0 radical (unpaired) electrons. The summed E-state index contributed by atoms with van der Waals surface area (Å²) in [6, 6.07) is 9.08. The van der Waals surface area contributed by atoms with Crippen LogP contribution in [0.15, 0.2) is 36.7 Å². The van der Waals surface area contributed by atoms with Gasteiger partial charge in [-0.3, -0.25) is 4.68 Å². The molecular weight excluding hydrogens is 250 g/mol. The van der Waals surface area contributed by atoms with Gasteiger partial charge < -0.3 is 10.1 Å². The third-order valence-electron chi connectivity index (χ3n) is 3.49. The number of aryl methyl sites for hydroxylation is 1. The summed E-state index contributed by atoms with van der Waals surface area (Å²) in [5.74, 6) is 0.948. The number of hydrogen-bond acceptors (Lipinski definition) is 3. The van der Waals surface area contributed by atoms with E-state index in [4.69, 9.17) is 4.74 Å². The summed E-state index contributed by atoms with van der Waals surface area (Å²) >= 11 is 0. The fraction of sp³-hybridized carbons (Fsp3) is 0.438. The van der Waals surface area contributed by atoms with E-state index < -0.39 is 0 Å². The molecule has 4 nitrogen and oxygen atoms in total. The first-order valence-electron chi connectivity index (χ1n) is 7.22. The normalized spacial score (nSPS) is 14.4. The van der Waals surface area contributed by atoms with Crippen molar-refractivity contribution in [3.8, 4) is 5.75 Å². The number of rotatable bonds is 7. The van der Waals surface area contributed by atoms with Crippen molar-refractivity contribution in [2.75, 3.05) is 6.61 Å². The van der Waals surface area contributed by atoms with Gasteiger partial charge in [-0.15, -0.1) is 0 Å². The molecule has 3 rings (SSSR count). The third kappa shape index (κ3) is 3.84. The van der Waals surface area contributed by atoms with Gasteiger partial charge in [0.1, 0.15) is 5.75 Å². The predicted molar refractivity (Wildman–Crippen MR) is 78.7 cm³/mol. The van der Waals surface area contributed by atoms with Crippen LogP contribution in [0, 0.1) is 0 Å². The van der Waals surface area contributed by atoms with E-state index in [9.17, 15) is 0 Å². The molecule has 0 atom stereocenters. The lowest BCUT2D eigenvalue weighted by atomic mass is 10.2. The minimum absolute atomic E-state index is 0.686. The van der Waals surface area contributed by atoms with Crippen molar-refractivity contribution < 1.29 is 4.74 Å². The second-order valence-corrected chi connectivity index (χ2v) is 5.42. The standard InChI is InChI=1S/C16H21N3O/c1-19-12-14(11-18-19)7-8-20-16-4-2-3-13(9-16)10-17-15-5-6-15/h2-4,9,11-12,15,17H,5-8,10H2,1H3. The maximum absolute atomic E-state index is 5.82. The van der Waals surface area contributed by atoms with Gasteiger partial charge in [0.25, 0.3) is 0 Å². The molecule has 1 aliphatic rings. The summed E-state index contributed by atoms with van der Waals surface area (Å²) < 4.78 is 7.64. The Kier molecular flexibility index (Phi) is 4.02. The quantitative estimate of drug-likeness (QED) is 0.840. The smallest absolute Gasteiger partial charge is 0.119 e. The topological polar surface area (TPSA) is 39.1 Å². The van der Waals surface area contributed by atoms with Crippen molar-refractivity contribution in [1.82, 2.24) is 15.1 Å². The van der Waals surface area contributed by atoms with Crippen molar-refractivity contribution in [3.63, 3.8) is 0 Å². The van der Waals surface area contributed by atoms with E-state index in [-0.39, 0.29) is 0 Å². The lowest BCUT2D eigenvalue weighted by Gasteiger charge is -2.08. The minimum atomic E-state index is 0.686. The van der Waals surface area contributed by atoms with Crippen LogP contribution >= 0.6 is 0 Å². The number of nitrogens with zero attached hydrogens (tertiary/aromatic N) is 2. The van der Waals surface area contributed by atoms with Crippen LogP contribution < -0.4 is 10.1 Å². The Hall–Kier alpha value is -1.81. The summed E-state index contributed by atoms with van der Waals surface area (Å²) in [4.78, 5) is 0. The molecule has 1 aliphatic carbocycles. The van der Waals surface area contributed by atoms with Crippen molar-refractivity contribution in [1.29, 1.82) is 0 Å². The molecule has 1 aromatic carbocycles. The highest BCUT2D eigenvalue weighted by atomic mass is 16.5. The van der Waals surface area contributed by atoms with Crippen LogP contribution in [0.1, 0.15) is 24.0 Å². The van der Waals surface area contributed by atoms with Crippen LogP contribution in [0.4, 0.5) is 0 Å². The van der Waals surface area contributed by atoms with Crippen LogP contribution in [-0.2, 0) is 20.0 Å². The molecule has 1 aromatic heterocycles. The molecule has 0 spiro atoms. The second-order valence-electron chi connectivity index (χ2n) is 5.42. The molecule has 1 heterocycles. The van der Waals surface area contributed by atoms with E-state index in [2.05, 4.69) is 28.6 Å². The number of aromatic nitrogens is 2. The van der Waals surface area contributed by atoms with Crippen LogP contribution in [0.5, 0.6) is 5.75 Å². The largest absolute Gasteiger partial charge is 0.493 e. The summed E-state index contributed by atoms with van der Waals surface area (Å²) in [5.41, 5.74) is 2.50. The van der Waals surface area contributed by atoms with Gasteiger partial charge in [-0.2, -0.15) is 5.10 Å². The van der Waals surface area contributed by atoms with Crippen molar-refractivity contribution in [2.24, 2.45) is 7.05 Å². The first kappa shape index (κ1) is 13.2. The summed E-state index contributed by atoms with van der Waals surface area (Å²) in [5, 5.41) is 7.67. The molecule has 4 heteroatoms. The van der Waals surface area contributed by atoms with E-state index in [1.165, 1.54) is 24.0 Å². The van der Waals surface area contributed by atoms with Crippen LogP contribution in [0.3, 0.4) is 0 Å². The zero-order valence-corrected chi connectivity index (χ0v) is 11.9. The molecule has 1 N–H and O–H groups in total. The second kappa shape index (κ2) is 6.09. The molecule has 1 saturated carbocycles. The van der Waals surface area contributed by atoms with Crippen molar-refractivity contribution >= 4 is 0 Å². The van der Waals surface area contributed by atoms with Gasteiger partial charge in [-0.05, 0) is 36.1 Å². The van der Waals surface area contributed by atoms with E-state index in [1.54, 1.807) is 0 Å². The zero-order chi connectivity index (χ0) is 13.8. The molecule has 0 unspecified atom stereocenters. The van der Waals surface area contributed by atoms with E-state index in [0.717, 1.165) is 24.8 Å². The number of benzene rings is 1. The Balaban J connectivity index is 1.47. The van der Waals surface area contributed by atoms with Crippen molar-refractivity contribution in [2.45, 2.75) is 31.8 Å². The molecule has 0 bridgehead atoms. The fourth-order valence-electron chi connectivity index (χ4n) is 2.18. The van der Waals surface area contributed by atoms with Gasteiger partial charge in [0, 0.05) is 32.3 Å². The van der Waals surface area contributed by atoms with Crippen molar-refractivity contribution in [3.05, 3.63) is 47.8 Å². The van der Waals surface area contributed by atoms with Gasteiger partial charge in [0.15, 0.2) is 0 Å². The van der Waals surface area contributed by atoms with Gasteiger partial charge in [0.05, 0.1) is 12.8 Å². The molecular formula is C16H21N3O. The Morgan fingerprint density at radius 3 is 3.00 bits per heavy atom. The highest BCUT2D eigenvalue weighted by Crippen LogP contribution is 2.20. The minimum Gasteiger partial charge on any atom is -0.493 e. The molecule has 106 valence electrons. The number of hydrogen-bond donors (Lipinski definition) is 1. The fourth-order valence-corrected chi connectivity index (χ4v) is 2.18. The Bertz CT molecular complexity index is 560. The Labute approximate surface area is 119 Å². The lowest BCUT2D eigenvalue weighted by molar-refractivity contribution is 0.321. The van der Waals surface area contributed by atoms with Crippen LogP contribution in [-0.4, -0.2) is 22.4 Å². The van der Waals surface area contributed by atoms with Gasteiger partial charge in [-0.25, -0.2) is 0 Å². The average Bonchev–Trinajstić information content (AvgIpc) is 3.19. The molecule has 1 fully saturated rings.